The summed E-state index contributed by atoms with van der Waals surface area (Å²) in [6, 6.07) is 43.5. The molecular formula is C56H68BN5O5Si. The number of carbonyl (C=O) groups excluding carboxylic acids is 1. The maximum atomic E-state index is 13.1. The first-order valence-electron chi connectivity index (χ1n) is 24.1. The minimum atomic E-state index is -3.26. The van der Waals surface area contributed by atoms with Crippen LogP contribution < -0.4 is 20.7 Å². The van der Waals surface area contributed by atoms with Crippen molar-refractivity contribution in [3.8, 4) is 17.3 Å². The number of piperazine rings is 1. The van der Waals surface area contributed by atoms with E-state index in [9.17, 15) is 14.9 Å². The summed E-state index contributed by atoms with van der Waals surface area (Å²) in [5.41, 5.74) is 3.65. The number of nitriles is 1. The van der Waals surface area contributed by atoms with Crippen molar-refractivity contribution in [2.75, 3.05) is 31.1 Å². The van der Waals surface area contributed by atoms with Crippen molar-refractivity contribution in [1.29, 1.82) is 5.26 Å². The second kappa shape index (κ2) is 18.7. The van der Waals surface area contributed by atoms with Crippen LogP contribution >= 0.6 is 0 Å². The molecule has 0 radical (unpaired) electrons. The highest BCUT2D eigenvalue weighted by molar-refractivity contribution is 6.98. The van der Waals surface area contributed by atoms with Gasteiger partial charge in [0.1, 0.15) is 18.0 Å². The Bertz CT molecular complexity index is 2720. The fourth-order valence-electron chi connectivity index (χ4n) is 9.98. The molecule has 1 N–H and O–H groups in total. The number of pyridine rings is 1. The van der Waals surface area contributed by atoms with Crippen LogP contribution in [0.5, 0.6) is 0 Å². The van der Waals surface area contributed by atoms with Gasteiger partial charge >= 0.3 is 13.2 Å². The van der Waals surface area contributed by atoms with Crippen molar-refractivity contribution < 1.29 is 23.6 Å². The number of ether oxygens (including phenoxy) is 1. The van der Waals surface area contributed by atoms with Gasteiger partial charge in [-0.3, -0.25) is 0 Å². The zero-order valence-electron chi connectivity index (χ0n) is 41.7. The number of benzene rings is 4. The second-order valence-corrected chi connectivity index (χ2v) is 25.7. The van der Waals surface area contributed by atoms with Crippen LogP contribution in [0.25, 0.3) is 22.2 Å². The molecule has 2 aliphatic heterocycles. The van der Waals surface area contributed by atoms with Gasteiger partial charge in [0.05, 0.1) is 28.5 Å². The summed E-state index contributed by atoms with van der Waals surface area (Å²) < 4.78 is 21.1. The van der Waals surface area contributed by atoms with E-state index in [-0.39, 0.29) is 18.1 Å². The quantitative estimate of drug-likeness (QED) is 0.108. The lowest BCUT2D eigenvalue weighted by atomic mass is 9.76. The van der Waals surface area contributed by atoms with E-state index >= 15 is 0 Å². The summed E-state index contributed by atoms with van der Waals surface area (Å²) in [5.74, 6) is 0.808. The molecule has 0 spiro atoms. The highest BCUT2D eigenvalue weighted by atomic mass is 28.4. The normalized spacial score (nSPS) is 16.5. The van der Waals surface area contributed by atoms with E-state index in [0.29, 0.717) is 32.6 Å². The zero-order valence-corrected chi connectivity index (χ0v) is 42.7. The maximum absolute atomic E-state index is 13.1. The third-order valence-corrected chi connectivity index (χ3v) is 19.5. The molecule has 68 heavy (non-hydrogen) atoms. The Hall–Kier alpha value is -5.71. The first kappa shape index (κ1) is 48.7. The fraction of sp³-hybridized carbons (Fsp3) is 0.411. The molecule has 354 valence electrons. The van der Waals surface area contributed by atoms with Crippen molar-refractivity contribution in [1.82, 2.24) is 14.5 Å². The molecule has 0 atom stereocenters. The van der Waals surface area contributed by atoms with Crippen LogP contribution in [0.3, 0.4) is 0 Å². The highest BCUT2D eigenvalue weighted by Crippen LogP contribution is 2.47. The average molecular weight is 930 g/mol. The second-order valence-electron chi connectivity index (χ2n) is 21.8. The van der Waals surface area contributed by atoms with E-state index < -0.39 is 37.2 Å². The van der Waals surface area contributed by atoms with Gasteiger partial charge in [-0.05, 0) is 116 Å². The molecule has 2 saturated heterocycles. The molecule has 2 fully saturated rings. The summed E-state index contributed by atoms with van der Waals surface area (Å²) >= 11 is 0. The molecule has 8 rings (SSSR count). The molecule has 0 unspecified atom stereocenters. The lowest BCUT2D eigenvalue weighted by molar-refractivity contribution is 0.00578. The summed E-state index contributed by atoms with van der Waals surface area (Å²) in [7, 11) is -3.83. The zero-order chi connectivity index (χ0) is 48.7. The van der Waals surface area contributed by atoms with E-state index in [1.807, 2.05) is 86.8 Å². The first-order chi connectivity index (χ1) is 32.2. The number of hydrogen-bond donors (Lipinski definition) is 1. The maximum Gasteiger partial charge on any atom is 0.494 e. The molecule has 6 aromatic rings. The van der Waals surface area contributed by atoms with Gasteiger partial charge in [0, 0.05) is 43.3 Å². The number of aromatic nitrogens is 2. The molecule has 2 aromatic heterocycles. The SMILES string of the molecule is CC(C)(CCC(C)(C)[Si](O)(c1ccccc1)c1ccccc1)Cc1c(-c2ccnc(N3CCN(C(=O)OCc4ccccc4)CC3)c2)n(C(C)(C)C#N)c2ccc(B3OC(C)(C)C(C)(C)O3)cc12. The Kier molecular flexibility index (Phi) is 13.4. The van der Waals surface area contributed by atoms with Crippen LogP contribution in [-0.2, 0) is 32.6 Å². The van der Waals surface area contributed by atoms with Crippen LogP contribution in [-0.4, -0.2) is 78.2 Å². The molecule has 12 heteroatoms. The van der Waals surface area contributed by atoms with E-state index in [1.165, 1.54) is 0 Å². The van der Waals surface area contributed by atoms with Crippen LogP contribution in [0.15, 0.2) is 128 Å². The van der Waals surface area contributed by atoms with Gasteiger partial charge in [-0.1, -0.05) is 131 Å². The lowest BCUT2D eigenvalue weighted by Gasteiger charge is -2.43. The Morgan fingerprint density at radius 3 is 1.94 bits per heavy atom. The topological polar surface area (TPSA) is 113 Å². The third-order valence-electron chi connectivity index (χ3n) is 15.0. The Morgan fingerprint density at radius 2 is 1.37 bits per heavy atom. The minimum Gasteiger partial charge on any atom is -0.445 e. The number of amides is 1. The fourth-order valence-corrected chi connectivity index (χ4v) is 13.7. The van der Waals surface area contributed by atoms with Crippen LogP contribution in [0.2, 0.25) is 5.04 Å². The van der Waals surface area contributed by atoms with Gasteiger partial charge in [-0.25, -0.2) is 9.78 Å². The first-order valence-corrected chi connectivity index (χ1v) is 26.1. The predicted octanol–water partition coefficient (Wildman–Crippen LogP) is 9.60. The van der Waals surface area contributed by atoms with Gasteiger partial charge in [0.25, 0.3) is 8.32 Å². The summed E-state index contributed by atoms with van der Waals surface area (Å²) in [4.78, 5) is 35.1. The summed E-state index contributed by atoms with van der Waals surface area (Å²) in [6.45, 7) is 23.8. The number of carbonyl (C=O) groups is 1. The average Bonchev–Trinajstić information content (AvgIpc) is 3.78. The number of anilines is 1. The largest absolute Gasteiger partial charge is 0.494 e. The van der Waals surface area contributed by atoms with Gasteiger partial charge in [-0.15, -0.1) is 0 Å². The van der Waals surface area contributed by atoms with Crippen molar-refractivity contribution in [3.63, 3.8) is 0 Å². The molecule has 4 heterocycles. The monoisotopic (exact) mass is 930 g/mol. The number of rotatable bonds is 14. The van der Waals surface area contributed by atoms with Crippen molar-refractivity contribution in [2.24, 2.45) is 5.41 Å². The molecular weight excluding hydrogens is 862 g/mol. The molecule has 10 nitrogen and oxygen atoms in total. The smallest absolute Gasteiger partial charge is 0.445 e. The number of hydrogen-bond acceptors (Lipinski definition) is 8. The van der Waals surface area contributed by atoms with Crippen LogP contribution in [0.1, 0.15) is 93.2 Å². The van der Waals surface area contributed by atoms with Gasteiger partial charge in [0.2, 0.25) is 0 Å². The molecule has 0 bridgehead atoms. The Morgan fingerprint density at radius 1 is 0.794 bits per heavy atom. The molecule has 0 saturated carbocycles. The molecule has 0 aliphatic carbocycles. The van der Waals surface area contributed by atoms with Crippen molar-refractivity contribution >= 4 is 54.1 Å². The Labute approximate surface area is 405 Å². The third kappa shape index (κ3) is 9.51. The van der Waals surface area contributed by atoms with E-state index in [2.05, 4.69) is 126 Å². The molecule has 1 amide bonds. The van der Waals surface area contributed by atoms with Crippen LogP contribution in [0, 0.1) is 16.7 Å². The molecule has 4 aromatic carbocycles. The lowest BCUT2D eigenvalue weighted by Crippen LogP contribution is -2.65. The van der Waals surface area contributed by atoms with Crippen molar-refractivity contribution in [2.45, 2.75) is 117 Å². The van der Waals surface area contributed by atoms with Gasteiger partial charge in [0.15, 0.2) is 0 Å². The minimum absolute atomic E-state index is 0.233. The summed E-state index contributed by atoms with van der Waals surface area (Å²) in [5, 5.41) is 13.6. The van der Waals surface area contributed by atoms with Crippen molar-refractivity contribution in [3.05, 3.63) is 139 Å². The highest BCUT2D eigenvalue weighted by Gasteiger charge is 2.52. The Balaban J connectivity index is 1.17. The van der Waals surface area contributed by atoms with E-state index in [0.717, 1.165) is 67.8 Å². The van der Waals surface area contributed by atoms with E-state index in [1.54, 1.807) is 4.90 Å². The predicted molar refractivity (Wildman–Crippen MR) is 277 cm³/mol. The number of nitrogens with zero attached hydrogens (tertiary/aromatic N) is 5. The van der Waals surface area contributed by atoms with E-state index in [4.69, 9.17) is 19.0 Å². The standard InChI is InChI=1S/C56H68BN5O5Si/c1-52(2,29-30-54(5,6)68(64,44-22-16-12-17-23-44)45-24-18-13-19-25-45)38-47-46-37-43(57-66-55(7,8)56(9,10)67-57)26-27-48(46)62(53(3,4)40-58)50(47)42-28-31-59-49(36-42)60-32-34-61(35-33-60)51(63)65-39-41-20-14-11-15-21-41/h11-28,31,36-37,64H,29-30,32-35,38-39H2,1-10H3. The van der Waals surface area contributed by atoms with Gasteiger partial charge in [-0.2, -0.15) is 5.26 Å². The summed E-state index contributed by atoms with van der Waals surface area (Å²) in [6.07, 6.45) is 3.85. The number of fused-ring (bicyclic) bond motifs is 1. The van der Waals surface area contributed by atoms with Crippen LogP contribution in [0.4, 0.5) is 10.6 Å². The molecule has 2 aliphatic rings. The van der Waals surface area contributed by atoms with Gasteiger partial charge < -0.3 is 33.2 Å².